The quantitative estimate of drug-likeness (QED) is 0.541. The van der Waals surface area contributed by atoms with Gasteiger partial charge in [0.05, 0.1) is 28.4 Å². The summed E-state index contributed by atoms with van der Waals surface area (Å²) in [6.45, 7) is -0.407. The van der Waals surface area contributed by atoms with E-state index in [0.29, 0.717) is 5.89 Å². The lowest BCUT2D eigenvalue weighted by molar-refractivity contribution is -0.137. The number of thioether (sulfide) groups is 1. The number of carbonyl (C=O) groups excluding carboxylic acids is 2. The van der Waals surface area contributed by atoms with Gasteiger partial charge in [0, 0.05) is 7.05 Å². The Morgan fingerprint density at radius 2 is 1.97 bits per heavy atom. The molecule has 0 unspecified atom stereocenters. The van der Waals surface area contributed by atoms with Crippen LogP contribution in [0, 0.1) is 0 Å². The van der Waals surface area contributed by atoms with Crippen LogP contribution >= 0.6 is 23.1 Å². The minimum atomic E-state index is -4.60. The molecule has 1 N–H and O–H groups in total. The number of thiophene rings is 1. The number of para-hydroxylation sites is 1. The largest absolute Gasteiger partial charge is 0.418 e. The lowest BCUT2D eigenvalue weighted by Gasteiger charge is -2.18. The standard InChI is InChI=1S/C18H15F3N4O3S2/c1-25(9-14(26)22-12-6-3-2-5-11(12)18(19,20)21)15(27)10-30-17-24-23-16(28-17)13-7-4-8-29-13/h2-8H,9-10H2,1H3,(H,22,26). The van der Waals surface area contributed by atoms with Gasteiger partial charge in [0.1, 0.15) is 0 Å². The summed E-state index contributed by atoms with van der Waals surface area (Å²) in [7, 11) is 1.38. The summed E-state index contributed by atoms with van der Waals surface area (Å²) < 4.78 is 44.5. The second-order valence-electron chi connectivity index (χ2n) is 5.98. The molecule has 30 heavy (non-hydrogen) atoms. The van der Waals surface area contributed by atoms with E-state index in [2.05, 4.69) is 15.5 Å². The van der Waals surface area contributed by atoms with Crippen molar-refractivity contribution < 1.29 is 27.2 Å². The second-order valence-corrected chi connectivity index (χ2v) is 7.85. The molecular formula is C18H15F3N4O3S2. The minimum Gasteiger partial charge on any atom is -0.410 e. The highest BCUT2D eigenvalue weighted by molar-refractivity contribution is 7.99. The van der Waals surface area contributed by atoms with Crippen LogP contribution < -0.4 is 5.32 Å². The summed E-state index contributed by atoms with van der Waals surface area (Å²) in [5.41, 5.74) is -1.32. The number of alkyl halides is 3. The maximum atomic E-state index is 13.0. The van der Waals surface area contributed by atoms with Crippen LogP contribution in [0.2, 0.25) is 0 Å². The molecule has 0 aliphatic carbocycles. The lowest BCUT2D eigenvalue weighted by atomic mass is 10.1. The molecular weight excluding hydrogens is 441 g/mol. The van der Waals surface area contributed by atoms with Crippen LogP contribution in [-0.4, -0.2) is 46.3 Å². The van der Waals surface area contributed by atoms with Crippen LogP contribution in [0.5, 0.6) is 0 Å². The zero-order valence-electron chi connectivity index (χ0n) is 15.5. The molecule has 0 aliphatic heterocycles. The number of nitrogens with zero attached hydrogens (tertiary/aromatic N) is 3. The van der Waals surface area contributed by atoms with E-state index in [1.165, 1.54) is 30.5 Å². The van der Waals surface area contributed by atoms with E-state index in [1.807, 2.05) is 17.5 Å². The van der Waals surface area contributed by atoms with Gasteiger partial charge in [-0.15, -0.1) is 21.5 Å². The van der Waals surface area contributed by atoms with Crippen LogP contribution in [0.1, 0.15) is 5.56 Å². The number of hydrogen-bond acceptors (Lipinski definition) is 7. The number of benzene rings is 1. The van der Waals surface area contributed by atoms with E-state index >= 15 is 0 Å². The van der Waals surface area contributed by atoms with Gasteiger partial charge in [0.15, 0.2) is 0 Å². The SMILES string of the molecule is CN(CC(=O)Nc1ccccc1C(F)(F)F)C(=O)CSc1nnc(-c2cccs2)o1. The van der Waals surface area contributed by atoms with Gasteiger partial charge in [-0.1, -0.05) is 30.0 Å². The first-order valence-electron chi connectivity index (χ1n) is 8.44. The van der Waals surface area contributed by atoms with Crippen LogP contribution in [0.4, 0.5) is 18.9 Å². The van der Waals surface area contributed by atoms with E-state index in [4.69, 9.17) is 4.42 Å². The van der Waals surface area contributed by atoms with Crippen molar-refractivity contribution in [2.24, 2.45) is 0 Å². The van der Waals surface area contributed by atoms with Gasteiger partial charge in [-0.25, -0.2) is 0 Å². The van der Waals surface area contributed by atoms with Gasteiger partial charge < -0.3 is 14.6 Å². The van der Waals surface area contributed by atoms with Crippen LogP contribution in [0.3, 0.4) is 0 Å². The first kappa shape index (κ1) is 21.8. The topological polar surface area (TPSA) is 88.3 Å². The number of rotatable bonds is 7. The van der Waals surface area contributed by atoms with E-state index in [0.717, 1.165) is 33.7 Å². The van der Waals surface area contributed by atoms with Crippen molar-refractivity contribution in [3.63, 3.8) is 0 Å². The highest BCUT2D eigenvalue weighted by Gasteiger charge is 2.33. The van der Waals surface area contributed by atoms with E-state index in [9.17, 15) is 22.8 Å². The van der Waals surface area contributed by atoms with Crippen LogP contribution in [-0.2, 0) is 15.8 Å². The number of likely N-dealkylation sites (N-methyl/N-ethyl adjacent to an activating group) is 1. The Morgan fingerprint density at radius 1 is 1.20 bits per heavy atom. The van der Waals surface area contributed by atoms with Crippen molar-refractivity contribution in [3.05, 3.63) is 47.3 Å². The first-order chi connectivity index (χ1) is 14.2. The average molecular weight is 456 g/mol. The van der Waals surface area contributed by atoms with Crippen molar-refractivity contribution in [1.82, 2.24) is 15.1 Å². The third kappa shape index (κ3) is 5.60. The highest BCUT2D eigenvalue weighted by Crippen LogP contribution is 2.34. The Kier molecular flexibility index (Phi) is 6.77. The first-order valence-corrected chi connectivity index (χ1v) is 10.3. The number of carbonyl (C=O) groups is 2. The Labute approximate surface area is 177 Å². The van der Waals surface area contributed by atoms with Gasteiger partial charge in [-0.3, -0.25) is 9.59 Å². The molecule has 0 saturated heterocycles. The normalized spacial score (nSPS) is 11.3. The van der Waals surface area contributed by atoms with Crippen molar-refractivity contribution in [2.75, 3.05) is 24.7 Å². The molecule has 0 spiro atoms. The van der Waals surface area contributed by atoms with Gasteiger partial charge in [0.2, 0.25) is 11.8 Å². The lowest BCUT2D eigenvalue weighted by Crippen LogP contribution is -2.36. The van der Waals surface area contributed by atoms with E-state index < -0.39 is 30.1 Å². The van der Waals surface area contributed by atoms with Crippen LogP contribution in [0.15, 0.2) is 51.4 Å². The summed E-state index contributed by atoms with van der Waals surface area (Å²) in [6, 6.07) is 8.29. The number of amides is 2. The molecule has 0 fully saturated rings. The van der Waals surface area contributed by atoms with Crippen molar-refractivity contribution in [1.29, 1.82) is 0 Å². The van der Waals surface area contributed by atoms with Crippen LogP contribution in [0.25, 0.3) is 10.8 Å². The zero-order chi connectivity index (χ0) is 21.7. The smallest absolute Gasteiger partial charge is 0.410 e. The zero-order valence-corrected chi connectivity index (χ0v) is 17.1. The molecule has 2 heterocycles. The molecule has 2 amide bonds. The molecule has 158 valence electrons. The van der Waals surface area contributed by atoms with Crippen molar-refractivity contribution in [3.8, 4) is 10.8 Å². The Morgan fingerprint density at radius 3 is 2.67 bits per heavy atom. The number of hydrogen-bond donors (Lipinski definition) is 1. The molecule has 0 atom stereocenters. The summed E-state index contributed by atoms with van der Waals surface area (Å²) in [4.78, 5) is 26.2. The summed E-state index contributed by atoms with van der Waals surface area (Å²) in [6.07, 6.45) is -4.60. The van der Waals surface area contributed by atoms with Gasteiger partial charge in [-0.2, -0.15) is 13.2 Å². The van der Waals surface area contributed by atoms with Gasteiger partial charge >= 0.3 is 6.18 Å². The summed E-state index contributed by atoms with van der Waals surface area (Å²) in [5, 5.41) is 12.0. The molecule has 7 nitrogen and oxygen atoms in total. The van der Waals surface area contributed by atoms with E-state index in [-0.39, 0.29) is 16.7 Å². The summed E-state index contributed by atoms with van der Waals surface area (Å²) >= 11 is 2.44. The van der Waals surface area contributed by atoms with Gasteiger partial charge in [0.25, 0.3) is 11.1 Å². The highest BCUT2D eigenvalue weighted by atomic mass is 32.2. The fraction of sp³-hybridized carbons (Fsp3) is 0.222. The third-order valence-electron chi connectivity index (χ3n) is 3.77. The number of anilines is 1. The predicted octanol–water partition coefficient (Wildman–Crippen LogP) is 4.01. The fourth-order valence-corrected chi connectivity index (χ4v) is 3.68. The number of nitrogens with one attached hydrogen (secondary N) is 1. The van der Waals surface area contributed by atoms with Crippen molar-refractivity contribution >= 4 is 40.6 Å². The fourth-order valence-electron chi connectivity index (χ4n) is 2.33. The maximum absolute atomic E-state index is 13.0. The maximum Gasteiger partial charge on any atom is 0.418 e. The Hall–Kier alpha value is -2.86. The minimum absolute atomic E-state index is 0.0744. The Bertz CT molecular complexity index is 1020. The molecule has 12 heteroatoms. The monoisotopic (exact) mass is 456 g/mol. The predicted molar refractivity (Wildman–Crippen MR) is 106 cm³/mol. The molecule has 0 bridgehead atoms. The van der Waals surface area contributed by atoms with E-state index in [1.54, 1.807) is 0 Å². The van der Waals surface area contributed by atoms with Crippen molar-refractivity contribution in [2.45, 2.75) is 11.4 Å². The number of halogens is 3. The van der Waals surface area contributed by atoms with Gasteiger partial charge in [-0.05, 0) is 23.6 Å². The molecule has 0 radical (unpaired) electrons. The molecule has 3 aromatic rings. The molecule has 0 saturated carbocycles. The second kappa shape index (κ2) is 9.30. The number of aromatic nitrogens is 2. The third-order valence-corrected chi connectivity index (χ3v) is 5.43. The average Bonchev–Trinajstić information content (AvgIpc) is 3.37. The molecule has 2 aromatic heterocycles. The molecule has 0 aliphatic rings. The molecule has 1 aromatic carbocycles. The Balaban J connectivity index is 1.52. The summed E-state index contributed by atoms with van der Waals surface area (Å²) in [5.74, 6) is -0.897. The molecule has 3 rings (SSSR count).